The summed E-state index contributed by atoms with van der Waals surface area (Å²) in [6.07, 6.45) is 1.95. The van der Waals surface area contributed by atoms with E-state index in [0.29, 0.717) is 13.1 Å². The summed E-state index contributed by atoms with van der Waals surface area (Å²) >= 11 is 3.46. The first kappa shape index (κ1) is 16.6. The van der Waals surface area contributed by atoms with Gasteiger partial charge in [0.2, 0.25) is 11.8 Å². The second-order valence-corrected chi connectivity index (χ2v) is 6.80. The molecule has 1 fully saturated rings. The number of benzene rings is 1. The number of nitrogens with one attached hydrogen (secondary N) is 1. The molecular formula is C18H18BrN3O2. The minimum absolute atomic E-state index is 0.00844. The van der Waals surface area contributed by atoms with Crippen LogP contribution in [-0.2, 0) is 16.1 Å². The molecule has 0 bridgehead atoms. The fourth-order valence-electron chi connectivity index (χ4n) is 2.70. The van der Waals surface area contributed by atoms with E-state index in [0.717, 1.165) is 21.4 Å². The van der Waals surface area contributed by atoms with Gasteiger partial charge in [-0.25, -0.2) is 0 Å². The number of pyridine rings is 1. The summed E-state index contributed by atoms with van der Waals surface area (Å²) in [7, 11) is 0. The number of likely N-dealkylation sites (tertiary alicyclic amines) is 1. The van der Waals surface area contributed by atoms with Crippen LogP contribution in [0.1, 0.15) is 17.7 Å². The van der Waals surface area contributed by atoms with Crippen molar-refractivity contribution in [2.45, 2.75) is 19.9 Å². The van der Waals surface area contributed by atoms with Crippen LogP contribution in [0.4, 0.5) is 5.69 Å². The molecule has 1 saturated heterocycles. The highest BCUT2D eigenvalue weighted by Crippen LogP contribution is 2.24. The predicted molar refractivity (Wildman–Crippen MR) is 95.3 cm³/mol. The molecule has 0 aliphatic carbocycles. The molecule has 5 nitrogen and oxygen atoms in total. The Labute approximate surface area is 149 Å². The maximum Gasteiger partial charge on any atom is 0.229 e. The Kier molecular flexibility index (Phi) is 4.94. The first-order valence-electron chi connectivity index (χ1n) is 7.77. The van der Waals surface area contributed by atoms with E-state index in [9.17, 15) is 9.59 Å². The average molecular weight is 388 g/mol. The highest BCUT2D eigenvalue weighted by Gasteiger charge is 2.34. The summed E-state index contributed by atoms with van der Waals surface area (Å²) in [6.45, 7) is 2.86. The molecule has 124 valence electrons. The Morgan fingerprint density at radius 3 is 2.92 bits per heavy atom. The summed E-state index contributed by atoms with van der Waals surface area (Å²) in [5, 5.41) is 2.89. The SMILES string of the molecule is Cc1ccc(NC(=O)C2CC(=O)N(Cc3ccccn3)C2)cc1Br. The highest BCUT2D eigenvalue weighted by molar-refractivity contribution is 9.10. The van der Waals surface area contributed by atoms with Gasteiger partial charge >= 0.3 is 0 Å². The third-order valence-corrected chi connectivity index (χ3v) is 4.96. The van der Waals surface area contributed by atoms with E-state index in [1.165, 1.54) is 0 Å². The summed E-state index contributed by atoms with van der Waals surface area (Å²) in [5.74, 6) is -0.463. The monoisotopic (exact) mass is 387 g/mol. The molecule has 0 saturated carbocycles. The number of aromatic nitrogens is 1. The third-order valence-electron chi connectivity index (χ3n) is 4.10. The molecule has 24 heavy (non-hydrogen) atoms. The maximum absolute atomic E-state index is 12.4. The summed E-state index contributed by atoms with van der Waals surface area (Å²) in [5.41, 5.74) is 2.66. The Morgan fingerprint density at radius 2 is 2.21 bits per heavy atom. The minimum atomic E-state index is -0.332. The lowest BCUT2D eigenvalue weighted by molar-refractivity contribution is -0.128. The fraction of sp³-hybridized carbons (Fsp3) is 0.278. The molecular weight excluding hydrogens is 370 g/mol. The Balaban J connectivity index is 1.62. The largest absolute Gasteiger partial charge is 0.336 e. The predicted octanol–water partition coefficient (Wildman–Crippen LogP) is 3.14. The van der Waals surface area contributed by atoms with E-state index in [1.807, 2.05) is 43.3 Å². The zero-order valence-corrected chi connectivity index (χ0v) is 14.9. The Hall–Kier alpha value is -2.21. The number of anilines is 1. The number of aryl methyl sites for hydroxylation is 1. The maximum atomic E-state index is 12.4. The van der Waals surface area contributed by atoms with Crippen LogP contribution in [0.2, 0.25) is 0 Å². The first-order chi connectivity index (χ1) is 11.5. The fourth-order valence-corrected chi connectivity index (χ4v) is 3.08. The van der Waals surface area contributed by atoms with Gasteiger partial charge in [-0.2, -0.15) is 0 Å². The van der Waals surface area contributed by atoms with Gasteiger partial charge in [-0.15, -0.1) is 0 Å². The van der Waals surface area contributed by atoms with Crippen LogP contribution in [0.3, 0.4) is 0 Å². The molecule has 2 aromatic rings. The molecule has 2 amide bonds. The molecule has 3 rings (SSSR count). The van der Waals surface area contributed by atoms with Crippen molar-refractivity contribution in [3.63, 3.8) is 0 Å². The van der Waals surface area contributed by atoms with Crippen molar-refractivity contribution < 1.29 is 9.59 Å². The lowest BCUT2D eigenvalue weighted by atomic mass is 10.1. The first-order valence-corrected chi connectivity index (χ1v) is 8.57. The molecule has 1 atom stereocenters. The van der Waals surface area contributed by atoms with E-state index in [2.05, 4.69) is 26.2 Å². The van der Waals surface area contributed by atoms with E-state index in [-0.39, 0.29) is 24.2 Å². The number of carbonyl (C=O) groups is 2. The van der Waals surface area contributed by atoms with Gasteiger partial charge in [0.05, 0.1) is 18.2 Å². The van der Waals surface area contributed by atoms with Crippen molar-refractivity contribution in [2.75, 3.05) is 11.9 Å². The standard InChI is InChI=1S/C18H18BrN3O2/c1-12-5-6-14(9-16(12)19)21-18(24)13-8-17(23)22(10-13)11-15-4-2-3-7-20-15/h2-7,9,13H,8,10-11H2,1H3,(H,21,24). The van der Waals surface area contributed by atoms with Gasteiger partial charge in [-0.05, 0) is 36.8 Å². The molecule has 1 aliphatic rings. The molecule has 2 heterocycles. The summed E-state index contributed by atoms with van der Waals surface area (Å²) in [6, 6.07) is 11.3. The van der Waals surface area contributed by atoms with Gasteiger partial charge in [0.15, 0.2) is 0 Å². The number of halogens is 1. The van der Waals surface area contributed by atoms with Gasteiger partial charge in [-0.1, -0.05) is 28.1 Å². The van der Waals surface area contributed by atoms with Crippen molar-refractivity contribution in [1.82, 2.24) is 9.88 Å². The van der Waals surface area contributed by atoms with Crippen molar-refractivity contribution in [3.8, 4) is 0 Å². The molecule has 1 aromatic carbocycles. The topological polar surface area (TPSA) is 62.3 Å². The summed E-state index contributed by atoms with van der Waals surface area (Å²) < 4.78 is 0.944. The second-order valence-electron chi connectivity index (χ2n) is 5.95. The Morgan fingerprint density at radius 1 is 1.38 bits per heavy atom. The van der Waals surface area contributed by atoms with E-state index in [1.54, 1.807) is 11.1 Å². The highest BCUT2D eigenvalue weighted by atomic mass is 79.9. The molecule has 1 aromatic heterocycles. The average Bonchev–Trinajstić information content (AvgIpc) is 2.93. The van der Waals surface area contributed by atoms with Crippen molar-refractivity contribution in [1.29, 1.82) is 0 Å². The van der Waals surface area contributed by atoms with Crippen LogP contribution in [0.15, 0.2) is 47.1 Å². The van der Waals surface area contributed by atoms with Gasteiger partial charge in [-0.3, -0.25) is 14.6 Å². The normalized spacial score (nSPS) is 17.2. The number of rotatable bonds is 4. The van der Waals surface area contributed by atoms with Crippen molar-refractivity contribution >= 4 is 33.4 Å². The van der Waals surface area contributed by atoms with Gasteiger partial charge < -0.3 is 10.2 Å². The molecule has 6 heteroatoms. The van der Waals surface area contributed by atoms with Crippen LogP contribution in [0, 0.1) is 12.8 Å². The van der Waals surface area contributed by atoms with Crippen LogP contribution >= 0.6 is 15.9 Å². The van der Waals surface area contributed by atoms with E-state index >= 15 is 0 Å². The molecule has 1 aliphatic heterocycles. The van der Waals surface area contributed by atoms with Gasteiger partial charge in [0, 0.05) is 29.3 Å². The quantitative estimate of drug-likeness (QED) is 0.876. The number of hydrogen-bond donors (Lipinski definition) is 1. The van der Waals surface area contributed by atoms with Crippen LogP contribution in [0.5, 0.6) is 0 Å². The lowest BCUT2D eigenvalue weighted by Gasteiger charge is -2.16. The van der Waals surface area contributed by atoms with E-state index < -0.39 is 0 Å². The molecule has 1 unspecified atom stereocenters. The number of hydrogen-bond acceptors (Lipinski definition) is 3. The van der Waals surface area contributed by atoms with Gasteiger partial charge in [0.1, 0.15) is 0 Å². The lowest BCUT2D eigenvalue weighted by Crippen LogP contribution is -2.28. The van der Waals surface area contributed by atoms with Gasteiger partial charge in [0.25, 0.3) is 0 Å². The molecule has 0 radical (unpaired) electrons. The number of amides is 2. The minimum Gasteiger partial charge on any atom is -0.336 e. The zero-order valence-electron chi connectivity index (χ0n) is 13.3. The molecule has 0 spiro atoms. The van der Waals surface area contributed by atoms with Crippen LogP contribution in [0.25, 0.3) is 0 Å². The van der Waals surface area contributed by atoms with Crippen LogP contribution in [-0.4, -0.2) is 28.2 Å². The number of carbonyl (C=O) groups excluding carboxylic acids is 2. The van der Waals surface area contributed by atoms with Crippen molar-refractivity contribution in [2.24, 2.45) is 5.92 Å². The second kappa shape index (κ2) is 7.13. The van der Waals surface area contributed by atoms with E-state index in [4.69, 9.17) is 0 Å². The smallest absolute Gasteiger partial charge is 0.229 e. The molecule has 1 N–H and O–H groups in total. The van der Waals surface area contributed by atoms with Crippen LogP contribution < -0.4 is 5.32 Å². The Bertz CT molecular complexity index is 764. The van der Waals surface area contributed by atoms with Crippen molar-refractivity contribution in [3.05, 3.63) is 58.3 Å². The third kappa shape index (κ3) is 3.82. The zero-order chi connectivity index (χ0) is 17.1. The number of nitrogens with zero attached hydrogens (tertiary/aromatic N) is 2. The summed E-state index contributed by atoms with van der Waals surface area (Å²) in [4.78, 5) is 30.5.